The molecule has 0 bridgehead atoms. The topological polar surface area (TPSA) is 26.0 Å². The molecule has 2 N–H and O–H groups in total. The van der Waals surface area contributed by atoms with Crippen LogP contribution in [0.25, 0.3) is 0 Å². The third-order valence-corrected chi connectivity index (χ3v) is 3.66. The molecule has 0 saturated heterocycles. The van der Waals surface area contributed by atoms with Gasteiger partial charge in [0, 0.05) is 5.92 Å². The molecule has 2 rings (SSSR count). The van der Waals surface area contributed by atoms with Crippen LogP contribution in [0.4, 0.5) is 4.39 Å². The Labute approximate surface area is 114 Å². The zero-order chi connectivity index (χ0) is 13.8. The number of nitrogens with two attached hydrogens (primary N) is 1. The minimum Gasteiger partial charge on any atom is -0.330 e. The first kappa shape index (κ1) is 13.8. The van der Waals surface area contributed by atoms with E-state index in [4.69, 9.17) is 5.73 Å². The highest BCUT2D eigenvalue weighted by Crippen LogP contribution is 2.22. The van der Waals surface area contributed by atoms with Crippen molar-refractivity contribution < 1.29 is 4.39 Å². The summed E-state index contributed by atoms with van der Waals surface area (Å²) in [6.07, 6.45) is 0.775. The zero-order valence-electron chi connectivity index (χ0n) is 11.5. The number of hydrogen-bond acceptors (Lipinski definition) is 1. The summed E-state index contributed by atoms with van der Waals surface area (Å²) in [7, 11) is 0. The molecule has 100 valence electrons. The lowest BCUT2D eigenvalue weighted by molar-refractivity contribution is 0.621. The maximum atomic E-state index is 13.2. The Kier molecular flexibility index (Phi) is 4.33. The fourth-order valence-electron chi connectivity index (χ4n) is 2.30. The van der Waals surface area contributed by atoms with Crippen LogP contribution in [0.15, 0.2) is 42.5 Å². The Hall–Kier alpha value is -1.67. The van der Waals surface area contributed by atoms with Crippen LogP contribution in [-0.4, -0.2) is 6.54 Å². The van der Waals surface area contributed by atoms with Gasteiger partial charge in [-0.1, -0.05) is 30.3 Å². The Bertz CT molecular complexity index is 563. The molecule has 0 radical (unpaired) electrons. The molecular weight excluding hydrogens is 237 g/mol. The smallest absolute Gasteiger partial charge is 0.123 e. The first-order chi connectivity index (χ1) is 9.10. The van der Waals surface area contributed by atoms with Gasteiger partial charge in [-0.15, -0.1) is 0 Å². The van der Waals surface area contributed by atoms with E-state index in [-0.39, 0.29) is 11.7 Å². The van der Waals surface area contributed by atoms with Gasteiger partial charge in [0.25, 0.3) is 0 Å². The first-order valence-electron chi connectivity index (χ1n) is 6.62. The molecule has 19 heavy (non-hydrogen) atoms. The molecule has 2 aromatic rings. The third-order valence-electron chi connectivity index (χ3n) is 3.66. The molecule has 0 aliphatic rings. The van der Waals surface area contributed by atoms with Crippen LogP contribution >= 0.6 is 0 Å². The van der Waals surface area contributed by atoms with Crippen molar-refractivity contribution in [2.45, 2.75) is 26.2 Å². The molecule has 1 atom stereocenters. The van der Waals surface area contributed by atoms with Gasteiger partial charge in [-0.05, 0) is 61.2 Å². The normalized spacial score (nSPS) is 12.4. The molecule has 0 aliphatic carbocycles. The minimum atomic E-state index is -0.187. The van der Waals surface area contributed by atoms with Gasteiger partial charge in [0.05, 0.1) is 0 Å². The Morgan fingerprint density at radius 3 is 2.47 bits per heavy atom. The van der Waals surface area contributed by atoms with Crippen LogP contribution in [0.3, 0.4) is 0 Å². The van der Waals surface area contributed by atoms with Crippen molar-refractivity contribution in [1.82, 2.24) is 0 Å². The fraction of sp³-hybridized carbons (Fsp3) is 0.294. The predicted molar refractivity (Wildman–Crippen MR) is 77.8 cm³/mol. The average Bonchev–Trinajstić information content (AvgIpc) is 2.39. The van der Waals surface area contributed by atoms with Crippen LogP contribution in [0.1, 0.15) is 28.2 Å². The van der Waals surface area contributed by atoms with E-state index in [1.165, 1.54) is 22.8 Å². The molecule has 0 amide bonds. The van der Waals surface area contributed by atoms with Crippen LogP contribution in [0, 0.1) is 19.7 Å². The fourth-order valence-corrected chi connectivity index (χ4v) is 2.30. The maximum absolute atomic E-state index is 13.2. The number of rotatable bonds is 4. The van der Waals surface area contributed by atoms with E-state index in [0.29, 0.717) is 6.54 Å². The first-order valence-corrected chi connectivity index (χ1v) is 6.62. The molecule has 0 heterocycles. The predicted octanol–water partition coefficient (Wildman–Crippen LogP) is 3.73. The van der Waals surface area contributed by atoms with E-state index in [1.54, 1.807) is 12.1 Å². The summed E-state index contributed by atoms with van der Waals surface area (Å²) in [5.41, 5.74) is 10.7. The second-order valence-electron chi connectivity index (χ2n) is 5.11. The van der Waals surface area contributed by atoms with E-state index in [1.807, 2.05) is 6.07 Å². The van der Waals surface area contributed by atoms with E-state index in [2.05, 4.69) is 32.0 Å². The van der Waals surface area contributed by atoms with E-state index in [0.717, 1.165) is 12.0 Å². The lowest BCUT2D eigenvalue weighted by Gasteiger charge is -2.17. The summed E-state index contributed by atoms with van der Waals surface area (Å²) in [6, 6.07) is 13.2. The van der Waals surface area contributed by atoms with Crippen molar-refractivity contribution in [3.63, 3.8) is 0 Å². The summed E-state index contributed by atoms with van der Waals surface area (Å²) in [5, 5.41) is 0. The summed E-state index contributed by atoms with van der Waals surface area (Å²) in [6.45, 7) is 4.77. The van der Waals surface area contributed by atoms with Crippen LogP contribution in [-0.2, 0) is 6.42 Å². The van der Waals surface area contributed by atoms with Gasteiger partial charge in [0.1, 0.15) is 5.82 Å². The Morgan fingerprint density at radius 1 is 1.05 bits per heavy atom. The second kappa shape index (κ2) is 5.98. The molecule has 0 spiro atoms. The van der Waals surface area contributed by atoms with Crippen molar-refractivity contribution in [2.75, 3.05) is 6.54 Å². The second-order valence-corrected chi connectivity index (χ2v) is 5.11. The van der Waals surface area contributed by atoms with Gasteiger partial charge in [-0.2, -0.15) is 0 Å². The standard InChI is InChI=1S/C17H20FN/c1-12-6-7-15(8-13(12)2)16(11-19)9-14-4-3-5-17(18)10-14/h3-8,10,16H,9,11,19H2,1-2H3. The quantitative estimate of drug-likeness (QED) is 0.887. The van der Waals surface area contributed by atoms with E-state index >= 15 is 0 Å². The van der Waals surface area contributed by atoms with Crippen LogP contribution in [0.5, 0.6) is 0 Å². The van der Waals surface area contributed by atoms with E-state index < -0.39 is 0 Å². The van der Waals surface area contributed by atoms with Gasteiger partial charge < -0.3 is 5.73 Å². The highest BCUT2D eigenvalue weighted by Gasteiger charge is 2.11. The van der Waals surface area contributed by atoms with Crippen molar-refractivity contribution in [1.29, 1.82) is 0 Å². The molecule has 2 heteroatoms. The van der Waals surface area contributed by atoms with E-state index in [9.17, 15) is 4.39 Å². The molecule has 2 aromatic carbocycles. The lowest BCUT2D eigenvalue weighted by atomic mass is 9.90. The van der Waals surface area contributed by atoms with Crippen molar-refractivity contribution in [3.05, 3.63) is 70.5 Å². The van der Waals surface area contributed by atoms with Gasteiger partial charge in [0.15, 0.2) is 0 Å². The summed E-state index contributed by atoms with van der Waals surface area (Å²) in [5.74, 6) is 0.0504. The third kappa shape index (κ3) is 3.42. The van der Waals surface area contributed by atoms with Gasteiger partial charge in [0.2, 0.25) is 0 Å². The van der Waals surface area contributed by atoms with Crippen molar-refractivity contribution in [2.24, 2.45) is 5.73 Å². The molecule has 1 nitrogen and oxygen atoms in total. The SMILES string of the molecule is Cc1ccc(C(CN)Cc2cccc(F)c2)cc1C. The minimum absolute atomic E-state index is 0.187. The lowest BCUT2D eigenvalue weighted by Crippen LogP contribution is -2.15. The number of aryl methyl sites for hydroxylation is 2. The van der Waals surface area contributed by atoms with Gasteiger partial charge in [-0.3, -0.25) is 0 Å². The highest BCUT2D eigenvalue weighted by molar-refractivity contribution is 5.33. The Balaban J connectivity index is 2.22. The maximum Gasteiger partial charge on any atom is 0.123 e. The highest BCUT2D eigenvalue weighted by atomic mass is 19.1. The van der Waals surface area contributed by atoms with Crippen molar-refractivity contribution >= 4 is 0 Å². The summed E-state index contributed by atoms with van der Waals surface area (Å²) >= 11 is 0. The summed E-state index contributed by atoms with van der Waals surface area (Å²) in [4.78, 5) is 0. The zero-order valence-corrected chi connectivity index (χ0v) is 11.5. The monoisotopic (exact) mass is 257 g/mol. The van der Waals surface area contributed by atoms with Gasteiger partial charge in [-0.25, -0.2) is 4.39 Å². The number of hydrogen-bond donors (Lipinski definition) is 1. The summed E-state index contributed by atoms with van der Waals surface area (Å²) < 4.78 is 13.2. The average molecular weight is 257 g/mol. The molecule has 1 unspecified atom stereocenters. The largest absolute Gasteiger partial charge is 0.330 e. The molecule has 0 saturated carbocycles. The van der Waals surface area contributed by atoms with Crippen LogP contribution in [0.2, 0.25) is 0 Å². The Morgan fingerprint density at radius 2 is 1.84 bits per heavy atom. The molecule has 0 aromatic heterocycles. The van der Waals surface area contributed by atoms with Gasteiger partial charge >= 0.3 is 0 Å². The molecular formula is C17H20FN. The number of benzene rings is 2. The van der Waals surface area contributed by atoms with Crippen LogP contribution < -0.4 is 5.73 Å². The number of halogens is 1. The molecule has 0 fully saturated rings. The molecule has 0 aliphatic heterocycles. The van der Waals surface area contributed by atoms with Crippen molar-refractivity contribution in [3.8, 4) is 0 Å².